The van der Waals surface area contributed by atoms with Gasteiger partial charge in [-0.05, 0) is 19.4 Å². The van der Waals surface area contributed by atoms with Crippen LogP contribution in [0.4, 0.5) is 0 Å². The molecule has 250 valence electrons. The lowest BCUT2D eigenvalue weighted by atomic mass is 9.83. The highest BCUT2D eigenvalue weighted by Crippen LogP contribution is 2.32. The van der Waals surface area contributed by atoms with Gasteiger partial charge in [-0.25, -0.2) is 0 Å². The molecule has 0 unspecified atom stereocenters. The van der Waals surface area contributed by atoms with Crippen molar-refractivity contribution in [2.75, 3.05) is 19.7 Å². The molecular weight excluding hydrogens is 582 g/mol. The maximum Gasteiger partial charge on any atom is 0.249 e. The molecule has 2 saturated heterocycles. The number of amides is 2. The molecule has 0 radical (unpaired) electrons. The molecule has 1 saturated carbocycles. The van der Waals surface area contributed by atoms with Crippen molar-refractivity contribution in [2.24, 2.45) is 17.2 Å². The Kier molecular flexibility index (Phi) is 13.0. The molecule has 3 aliphatic rings. The predicted molar refractivity (Wildman–Crippen MR) is 141 cm³/mol. The Labute approximate surface area is 246 Å². The Morgan fingerprint density at radius 1 is 0.884 bits per heavy atom. The minimum Gasteiger partial charge on any atom is -0.394 e. The first-order valence-electron chi connectivity index (χ1n) is 14.0. The van der Waals surface area contributed by atoms with E-state index in [0.717, 1.165) is 0 Å². The lowest BCUT2D eigenvalue weighted by molar-refractivity contribution is -0.333. The van der Waals surface area contributed by atoms with E-state index in [1.165, 1.54) is 6.92 Å². The van der Waals surface area contributed by atoms with Crippen LogP contribution in [0.15, 0.2) is 0 Å². The zero-order valence-electron chi connectivity index (χ0n) is 23.5. The molecule has 0 bridgehead atoms. The van der Waals surface area contributed by atoms with Gasteiger partial charge in [-0.1, -0.05) is 0 Å². The summed E-state index contributed by atoms with van der Waals surface area (Å²) in [5, 5.41) is 88.1. The van der Waals surface area contributed by atoms with Gasteiger partial charge in [0.25, 0.3) is 0 Å². The van der Waals surface area contributed by atoms with Crippen LogP contribution < -0.4 is 27.8 Å². The third-order valence-electron chi connectivity index (χ3n) is 7.83. The number of nitrogens with two attached hydrogens (primary N) is 3. The van der Waals surface area contributed by atoms with Crippen molar-refractivity contribution in [1.29, 1.82) is 0 Å². The number of nitrogens with one attached hydrogen (secondary N) is 2. The lowest BCUT2D eigenvalue weighted by Crippen LogP contribution is -2.69. The SMILES string of the molecule is CC(=O)NC[C@H]1O[C@H](O[C@H]2[C@H](O)[C@@H](O[C@H]3O[C@H](CO)[C@@H](O)[C@H](N)[C@H]3O)[C@H](NC(=O)[C@@H](O)CCN)C[C@@H]2N)[C@H](O)[C@@H](O)[C@@H]1O. The van der Waals surface area contributed by atoms with Crippen molar-refractivity contribution in [3.8, 4) is 0 Å². The number of hydrogen-bond donors (Lipinski definition) is 13. The molecule has 0 aromatic rings. The number of rotatable bonds is 11. The van der Waals surface area contributed by atoms with Crippen LogP contribution in [0.25, 0.3) is 0 Å². The normalized spacial score (nSPS) is 44.4. The Morgan fingerprint density at radius 3 is 2.09 bits per heavy atom. The second-order valence-corrected chi connectivity index (χ2v) is 11.0. The second kappa shape index (κ2) is 15.6. The molecule has 3 rings (SSSR count). The first-order valence-corrected chi connectivity index (χ1v) is 14.0. The van der Waals surface area contributed by atoms with Crippen LogP contribution in [0.5, 0.6) is 0 Å². The number of ether oxygens (including phenoxy) is 4. The van der Waals surface area contributed by atoms with E-state index in [0.29, 0.717) is 0 Å². The first kappa shape index (κ1) is 35.8. The summed E-state index contributed by atoms with van der Waals surface area (Å²) >= 11 is 0. The summed E-state index contributed by atoms with van der Waals surface area (Å²) < 4.78 is 22.7. The molecule has 3 fully saturated rings. The van der Waals surface area contributed by atoms with Crippen LogP contribution in [-0.2, 0) is 28.5 Å². The summed E-state index contributed by atoms with van der Waals surface area (Å²) in [6, 6.07) is -3.55. The number of hydrogen-bond acceptors (Lipinski definition) is 17. The molecule has 16 N–H and O–H groups in total. The van der Waals surface area contributed by atoms with E-state index >= 15 is 0 Å². The van der Waals surface area contributed by atoms with Crippen molar-refractivity contribution in [2.45, 2.75) is 118 Å². The lowest BCUT2D eigenvalue weighted by Gasteiger charge is -2.49. The fraction of sp³-hybridized carbons (Fsp3) is 0.917. The third-order valence-corrected chi connectivity index (χ3v) is 7.83. The summed E-state index contributed by atoms with van der Waals surface area (Å²) in [6.07, 6.45) is -20.5. The van der Waals surface area contributed by atoms with Gasteiger partial charge in [-0.15, -0.1) is 0 Å². The van der Waals surface area contributed by atoms with E-state index in [4.69, 9.17) is 36.1 Å². The fourth-order valence-corrected chi connectivity index (χ4v) is 5.29. The highest BCUT2D eigenvalue weighted by molar-refractivity contribution is 5.80. The molecule has 2 heterocycles. The summed E-state index contributed by atoms with van der Waals surface area (Å²) in [5.41, 5.74) is 17.6. The summed E-state index contributed by atoms with van der Waals surface area (Å²) in [6.45, 7) is 0.274. The maximum absolute atomic E-state index is 12.6. The van der Waals surface area contributed by atoms with Gasteiger partial charge in [0.15, 0.2) is 12.6 Å². The molecule has 19 nitrogen and oxygen atoms in total. The highest BCUT2D eigenvalue weighted by atomic mass is 16.7. The van der Waals surface area contributed by atoms with E-state index in [-0.39, 0.29) is 25.9 Å². The fourth-order valence-electron chi connectivity index (χ4n) is 5.29. The monoisotopic (exact) mass is 627 g/mol. The zero-order chi connectivity index (χ0) is 32.2. The minimum absolute atomic E-state index is 0.00466. The van der Waals surface area contributed by atoms with Gasteiger partial charge in [-0.3, -0.25) is 9.59 Å². The van der Waals surface area contributed by atoms with Gasteiger partial charge in [0, 0.05) is 19.5 Å². The molecule has 43 heavy (non-hydrogen) atoms. The van der Waals surface area contributed by atoms with Crippen molar-refractivity contribution in [1.82, 2.24) is 10.6 Å². The standard InChI is InChI=1S/C24H45N5O14/c1-7(31)28-5-11-15(34)17(36)18(37)24(40-11)42-20-8(26)4-9(29-22(39)10(32)2-3-25)21(19(20)38)43-23-16(35)13(27)14(33)12(6-30)41-23/h8-21,23-24,30,32-38H,2-6,25-27H2,1H3,(H,28,31)(H,29,39)/t8-,9+,10-,11+,12+,13-,14+,15+,16+,17-,18+,19-,20+,21-,23+,24+/m0/s1. The maximum atomic E-state index is 12.6. The minimum atomic E-state index is -1.82. The molecule has 0 spiro atoms. The van der Waals surface area contributed by atoms with Gasteiger partial charge < -0.3 is 87.6 Å². The van der Waals surface area contributed by atoms with Gasteiger partial charge in [0.2, 0.25) is 11.8 Å². The average molecular weight is 628 g/mol. The van der Waals surface area contributed by atoms with Gasteiger partial charge in [0.05, 0.1) is 18.7 Å². The quantitative estimate of drug-likeness (QED) is 0.101. The Morgan fingerprint density at radius 2 is 1.49 bits per heavy atom. The number of carbonyl (C=O) groups excluding carboxylic acids is 2. The number of aliphatic hydroxyl groups excluding tert-OH is 8. The van der Waals surface area contributed by atoms with Crippen LogP contribution in [0.2, 0.25) is 0 Å². The van der Waals surface area contributed by atoms with Crippen molar-refractivity contribution < 1.29 is 69.4 Å². The van der Waals surface area contributed by atoms with E-state index in [1.807, 2.05) is 0 Å². The van der Waals surface area contributed by atoms with E-state index < -0.39 is 116 Å². The van der Waals surface area contributed by atoms with Gasteiger partial charge in [0.1, 0.15) is 67.1 Å². The highest BCUT2D eigenvalue weighted by Gasteiger charge is 2.52. The largest absolute Gasteiger partial charge is 0.394 e. The molecule has 2 amide bonds. The molecule has 19 heteroatoms. The van der Waals surface area contributed by atoms with Gasteiger partial charge in [-0.2, -0.15) is 0 Å². The van der Waals surface area contributed by atoms with Crippen LogP contribution in [0, 0.1) is 0 Å². The van der Waals surface area contributed by atoms with Crippen LogP contribution in [0.1, 0.15) is 19.8 Å². The van der Waals surface area contributed by atoms with E-state index in [2.05, 4.69) is 10.6 Å². The molecule has 16 atom stereocenters. The van der Waals surface area contributed by atoms with Crippen LogP contribution >= 0.6 is 0 Å². The van der Waals surface area contributed by atoms with Crippen molar-refractivity contribution >= 4 is 11.8 Å². The smallest absolute Gasteiger partial charge is 0.249 e. The molecule has 1 aliphatic carbocycles. The Balaban J connectivity index is 1.85. The van der Waals surface area contributed by atoms with Crippen molar-refractivity contribution in [3.63, 3.8) is 0 Å². The molecule has 2 aliphatic heterocycles. The van der Waals surface area contributed by atoms with Crippen LogP contribution in [0.3, 0.4) is 0 Å². The third kappa shape index (κ3) is 8.34. The molecular formula is C24H45N5O14. The van der Waals surface area contributed by atoms with Gasteiger partial charge >= 0.3 is 0 Å². The second-order valence-electron chi connectivity index (χ2n) is 11.0. The Bertz CT molecular complexity index is 922. The summed E-state index contributed by atoms with van der Waals surface area (Å²) in [5.74, 6) is -1.32. The summed E-state index contributed by atoms with van der Waals surface area (Å²) in [7, 11) is 0. The first-order chi connectivity index (χ1) is 20.2. The zero-order valence-corrected chi connectivity index (χ0v) is 23.5. The van der Waals surface area contributed by atoms with Crippen molar-refractivity contribution in [3.05, 3.63) is 0 Å². The topological polar surface area (TPSA) is 335 Å². The Hall–Kier alpha value is -1.66. The van der Waals surface area contributed by atoms with E-state index in [9.17, 15) is 50.4 Å². The number of carbonyl (C=O) groups is 2. The predicted octanol–water partition coefficient (Wildman–Crippen LogP) is -8.25. The van der Waals surface area contributed by atoms with Crippen LogP contribution in [-0.4, -0.2) is 170 Å². The molecule has 0 aromatic heterocycles. The number of aliphatic hydroxyl groups is 8. The average Bonchev–Trinajstić information content (AvgIpc) is 2.96. The van der Waals surface area contributed by atoms with E-state index in [1.54, 1.807) is 0 Å². The molecule has 0 aromatic carbocycles. The summed E-state index contributed by atoms with van der Waals surface area (Å²) in [4.78, 5) is 24.0.